The number of hydrogen-bond acceptors (Lipinski definition) is 15. The van der Waals surface area contributed by atoms with Crippen molar-refractivity contribution in [1.29, 1.82) is 10.5 Å². The van der Waals surface area contributed by atoms with Crippen molar-refractivity contribution in [3.63, 3.8) is 0 Å². The van der Waals surface area contributed by atoms with Gasteiger partial charge in [-0.15, -0.1) is 0 Å². The first-order valence-corrected chi connectivity index (χ1v) is 20.3. The molecule has 0 aliphatic heterocycles. The van der Waals surface area contributed by atoms with Gasteiger partial charge in [0.1, 0.15) is 59.4 Å². The number of thioether (sulfide) groups is 1. The number of carbonyl (C=O) groups is 3. The number of nitrogen functional groups attached to an aromatic ring is 1. The van der Waals surface area contributed by atoms with Crippen molar-refractivity contribution in [1.82, 2.24) is 20.5 Å². The predicted octanol–water partition coefficient (Wildman–Crippen LogP) is 6.51. The highest BCUT2D eigenvalue weighted by Crippen LogP contribution is 2.37. The molecule has 18 heteroatoms. The maximum absolute atomic E-state index is 12.8. The Balaban J connectivity index is 1.41. The second kappa shape index (κ2) is 23.0. The van der Waals surface area contributed by atoms with Crippen molar-refractivity contribution in [3.8, 4) is 40.5 Å². The van der Waals surface area contributed by atoms with E-state index in [0.29, 0.717) is 70.1 Å². The quantitative estimate of drug-likeness (QED) is 0.0267. The maximum Gasteiger partial charge on any atom is 0.407 e. The van der Waals surface area contributed by atoms with Crippen LogP contribution < -0.4 is 21.0 Å². The number of nitrogens with two attached hydrogens (primary N) is 1. The van der Waals surface area contributed by atoms with Gasteiger partial charge in [0, 0.05) is 41.3 Å². The molecule has 0 spiro atoms. The van der Waals surface area contributed by atoms with Crippen LogP contribution in [0.15, 0.2) is 64.2 Å². The van der Waals surface area contributed by atoms with E-state index in [1.165, 1.54) is 18.0 Å². The van der Waals surface area contributed by atoms with E-state index < -0.39 is 29.7 Å². The van der Waals surface area contributed by atoms with Gasteiger partial charge in [0.25, 0.3) is 0 Å². The summed E-state index contributed by atoms with van der Waals surface area (Å²) >= 11 is 7.23. The highest BCUT2D eigenvalue weighted by atomic mass is 35.5. The topological polar surface area (TPSA) is 225 Å². The highest BCUT2D eigenvalue weighted by Gasteiger charge is 2.23. The molecule has 2 heterocycles. The molecule has 4 rings (SSSR count). The number of unbranched alkanes of at least 4 members (excludes halogenated alkanes) is 2. The van der Waals surface area contributed by atoms with Gasteiger partial charge in [0.15, 0.2) is 14.1 Å². The number of ether oxygens (including phenoxy) is 4. The van der Waals surface area contributed by atoms with E-state index in [2.05, 4.69) is 32.7 Å². The van der Waals surface area contributed by atoms with Crippen LogP contribution in [0.2, 0.25) is 5.02 Å². The van der Waals surface area contributed by atoms with Crippen LogP contribution in [0.1, 0.15) is 76.1 Å². The Morgan fingerprint density at radius 3 is 2.24 bits per heavy atom. The Bertz CT molecular complexity index is 2120. The van der Waals surface area contributed by atoms with Crippen LogP contribution in [0.5, 0.6) is 5.75 Å². The van der Waals surface area contributed by atoms with Gasteiger partial charge in [-0.2, -0.15) is 10.5 Å². The van der Waals surface area contributed by atoms with Crippen LogP contribution in [-0.2, 0) is 29.6 Å². The number of carbonyl (C=O) groups excluding carboxylic acids is 3. The Hall–Kier alpha value is -5.75. The van der Waals surface area contributed by atoms with Crippen molar-refractivity contribution >= 4 is 55.2 Å². The Kier molecular flexibility index (Phi) is 17.9. The summed E-state index contributed by atoms with van der Waals surface area (Å²) in [5.74, 6) is 0.136. The molecule has 0 aliphatic rings. The minimum Gasteiger partial charge on any atom is -0.490 e. The lowest BCUT2D eigenvalue weighted by molar-refractivity contribution is -0.161. The normalized spacial score (nSPS) is 11.5. The molecule has 59 heavy (non-hydrogen) atoms. The fraction of sp³-hybridized carbons (Fsp3) is 0.390. The fourth-order valence-corrected chi connectivity index (χ4v) is 6.43. The number of halogens is 1. The largest absolute Gasteiger partial charge is 0.490 e. The zero-order chi connectivity index (χ0) is 42.8. The SMILES string of the molecule is BNCCCCC(=O)OC[C@H](COc1ccc(-c2c(C#N)c(N)nc(SCc3coc(-c4ccc(Cl)cc4)n3)c2C#N)cc1)OC(=O)CCCCNC(=O)OC(C)(C)C. The summed E-state index contributed by atoms with van der Waals surface area (Å²) in [7, 11) is 1.84. The third-order valence-electron chi connectivity index (χ3n) is 8.26. The van der Waals surface area contributed by atoms with Crippen molar-refractivity contribution < 1.29 is 37.7 Å². The lowest BCUT2D eigenvalue weighted by atomic mass is 9.97. The molecular formula is C41H47BClN7O8S. The van der Waals surface area contributed by atoms with Crippen molar-refractivity contribution in [2.45, 2.75) is 81.8 Å². The average molecular weight is 844 g/mol. The first-order valence-electron chi connectivity index (χ1n) is 19.0. The van der Waals surface area contributed by atoms with Gasteiger partial charge >= 0.3 is 18.0 Å². The monoisotopic (exact) mass is 843 g/mol. The summed E-state index contributed by atoms with van der Waals surface area (Å²) < 4.78 is 27.9. The number of nitriles is 2. The number of nitrogens with one attached hydrogen (secondary N) is 2. The molecule has 1 atom stereocenters. The van der Waals surface area contributed by atoms with E-state index in [-0.39, 0.29) is 43.0 Å². The van der Waals surface area contributed by atoms with E-state index in [1.807, 2.05) is 7.98 Å². The van der Waals surface area contributed by atoms with Crippen LogP contribution in [0, 0.1) is 22.7 Å². The number of esters is 2. The second-order valence-corrected chi connectivity index (χ2v) is 15.6. The van der Waals surface area contributed by atoms with Crippen LogP contribution in [0.25, 0.3) is 22.6 Å². The van der Waals surface area contributed by atoms with Gasteiger partial charge in [-0.1, -0.05) is 35.5 Å². The summed E-state index contributed by atoms with van der Waals surface area (Å²) in [6, 6.07) is 18.0. The van der Waals surface area contributed by atoms with E-state index in [4.69, 9.17) is 40.7 Å². The van der Waals surface area contributed by atoms with Gasteiger partial charge in [-0.25, -0.2) is 14.8 Å². The van der Waals surface area contributed by atoms with Gasteiger partial charge in [0.05, 0.1) is 11.3 Å². The lowest BCUT2D eigenvalue weighted by Crippen LogP contribution is -2.33. The molecule has 0 radical (unpaired) electrons. The molecule has 0 aliphatic carbocycles. The number of benzene rings is 2. The van der Waals surface area contributed by atoms with Gasteiger partial charge in [-0.3, -0.25) is 9.59 Å². The molecule has 310 valence electrons. The lowest BCUT2D eigenvalue weighted by Gasteiger charge is -2.20. The number of pyridine rings is 1. The molecule has 4 aromatic rings. The molecule has 15 nitrogen and oxygen atoms in total. The van der Waals surface area contributed by atoms with E-state index in [1.54, 1.807) is 69.3 Å². The molecule has 0 saturated carbocycles. The number of amides is 1. The number of nitrogens with zero attached hydrogens (tertiary/aromatic N) is 4. The smallest absolute Gasteiger partial charge is 0.407 e. The first-order chi connectivity index (χ1) is 28.3. The fourth-order valence-electron chi connectivity index (χ4n) is 5.43. The van der Waals surface area contributed by atoms with Crippen molar-refractivity contribution in [2.24, 2.45) is 0 Å². The Labute approximate surface area is 353 Å². The molecule has 0 bridgehead atoms. The molecule has 1 amide bonds. The predicted molar refractivity (Wildman–Crippen MR) is 225 cm³/mol. The van der Waals surface area contributed by atoms with E-state index in [0.717, 1.165) is 18.5 Å². The zero-order valence-corrected chi connectivity index (χ0v) is 35.0. The molecule has 0 fully saturated rings. The van der Waals surface area contributed by atoms with Crippen LogP contribution in [0.3, 0.4) is 0 Å². The van der Waals surface area contributed by atoms with Crippen LogP contribution in [0.4, 0.5) is 10.6 Å². The highest BCUT2D eigenvalue weighted by molar-refractivity contribution is 7.98. The second-order valence-electron chi connectivity index (χ2n) is 14.2. The Morgan fingerprint density at radius 1 is 0.915 bits per heavy atom. The minimum absolute atomic E-state index is 0.0353. The van der Waals surface area contributed by atoms with E-state index >= 15 is 0 Å². The third kappa shape index (κ3) is 15.2. The molecule has 4 N–H and O–H groups in total. The summed E-state index contributed by atoms with van der Waals surface area (Å²) in [4.78, 5) is 46.0. The molecule has 0 saturated heterocycles. The van der Waals surface area contributed by atoms with Crippen LogP contribution >= 0.6 is 23.4 Å². The minimum atomic E-state index is -0.912. The molecule has 2 aromatic carbocycles. The average Bonchev–Trinajstić information content (AvgIpc) is 3.68. The number of anilines is 1. The molecule has 0 unspecified atom stereocenters. The summed E-state index contributed by atoms with van der Waals surface area (Å²) in [6.07, 6.45) is 2.76. The Morgan fingerprint density at radius 2 is 1.58 bits per heavy atom. The van der Waals surface area contributed by atoms with Gasteiger partial charge < -0.3 is 39.6 Å². The summed E-state index contributed by atoms with van der Waals surface area (Å²) in [6.45, 7) is 6.07. The molecule has 2 aromatic heterocycles. The third-order valence-corrected chi connectivity index (χ3v) is 9.52. The van der Waals surface area contributed by atoms with Gasteiger partial charge in [-0.05, 0) is 95.0 Å². The number of oxazole rings is 1. The summed E-state index contributed by atoms with van der Waals surface area (Å²) in [5.41, 5.74) is 8.03. The standard InChI is InChI=1S/C41H47BClN7O8S/c1-41(2,3)58-40(53)47-18-6-4-9-35(52)57-31(24-55-34(51)8-5-7-19-48-42)23-54-30-16-12-26(13-17-30)36-32(20-44)37(46)50-39(33(36)21-45)59-25-29-22-56-38(49-29)27-10-14-28(43)15-11-27/h10-17,22,31,48H,4-9,18-19,23-25,42H2,1-3H3,(H2,46,50)(H,47,53)/t31-/m0/s1. The van der Waals surface area contributed by atoms with Crippen molar-refractivity contribution in [3.05, 3.63) is 76.6 Å². The van der Waals surface area contributed by atoms with E-state index in [9.17, 15) is 24.9 Å². The number of alkyl carbamates (subject to hydrolysis) is 1. The van der Waals surface area contributed by atoms with Crippen LogP contribution in [-0.4, -0.2) is 74.0 Å². The maximum atomic E-state index is 12.8. The zero-order valence-electron chi connectivity index (χ0n) is 33.5. The number of hydrogen-bond donors (Lipinski definition) is 3. The first kappa shape index (κ1) is 46.0. The summed E-state index contributed by atoms with van der Waals surface area (Å²) in [5, 5.41) is 26.9. The number of aromatic nitrogens is 2. The van der Waals surface area contributed by atoms with Crippen molar-refractivity contribution in [2.75, 3.05) is 32.0 Å². The van der Waals surface area contributed by atoms with Gasteiger partial charge in [0.2, 0.25) is 5.89 Å². The molecular weight excluding hydrogens is 797 g/mol. The number of rotatable bonds is 21.